The molecular weight excluding hydrogens is 520 g/mol. The summed E-state index contributed by atoms with van der Waals surface area (Å²) < 4.78 is 7.20. The summed E-state index contributed by atoms with van der Waals surface area (Å²) >= 11 is 1.93. The molecule has 1 unspecified atom stereocenters. The maximum atomic E-state index is 12.0. The molecule has 0 saturated heterocycles. The lowest BCUT2D eigenvalue weighted by Crippen LogP contribution is -3.00. The third-order valence-corrected chi connectivity index (χ3v) is 8.27. The summed E-state index contributed by atoms with van der Waals surface area (Å²) in [5, 5.41) is 12.0. The van der Waals surface area contributed by atoms with Crippen molar-refractivity contribution in [3.8, 4) is 0 Å². The Morgan fingerprint density at radius 2 is 1.63 bits per heavy atom. The molecule has 3 aromatic rings. The van der Waals surface area contributed by atoms with E-state index in [2.05, 4.69) is 49.4 Å². The topological polar surface area (TPSA) is 46.3 Å². The summed E-state index contributed by atoms with van der Waals surface area (Å²) in [5.74, 6) is 2.60. The van der Waals surface area contributed by atoms with Gasteiger partial charge >= 0.3 is 0 Å². The van der Waals surface area contributed by atoms with Crippen molar-refractivity contribution in [2.75, 3.05) is 32.9 Å². The minimum absolute atomic E-state index is 0. The monoisotopic (exact) mass is 558 g/mol. The summed E-state index contributed by atoms with van der Waals surface area (Å²) in [6.07, 6.45) is 9.39. The predicted octanol–water partition coefficient (Wildman–Crippen LogP) is 3.30. The Balaban J connectivity index is 0.00000342. The first-order valence-corrected chi connectivity index (χ1v) is 13.7. The zero-order valence-corrected chi connectivity index (χ0v) is 23.4. The SMILES string of the molecule is C[N+](C)(CCCSc1ccccc1)CCc1cnc(C(O)(c2ccccc2)C2CCCCC2)o1.[Br-]. The van der Waals surface area contributed by atoms with Crippen LogP contribution in [-0.2, 0) is 12.0 Å². The van der Waals surface area contributed by atoms with Gasteiger partial charge in [-0.15, -0.1) is 11.8 Å². The fourth-order valence-corrected chi connectivity index (χ4v) is 5.93. The van der Waals surface area contributed by atoms with Gasteiger partial charge in [-0.25, -0.2) is 4.98 Å². The van der Waals surface area contributed by atoms with E-state index in [1.54, 1.807) is 0 Å². The van der Waals surface area contributed by atoms with Crippen LogP contribution in [0.3, 0.4) is 0 Å². The molecular formula is C29H39BrN2O2S. The molecule has 0 amide bonds. The maximum absolute atomic E-state index is 12.0. The summed E-state index contributed by atoms with van der Waals surface area (Å²) in [5.41, 5.74) is -0.263. The molecule has 35 heavy (non-hydrogen) atoms. The van der Waals surface area contributed by atoms with Crippen molar-refractivity contribution in [1.29, 1.82) is 0 Å². The zero-order chi connectivity index (χ0) is 23.9. The van der Waals surface area contributed by atoms with Crippen LogP contribution >= 0.6 is 11.8 Å². The largest absolute Gasteiger partial charge is 1.00 e. The van der Waals surface area contributed by atoms with Crippen LogP contribution < -0.4 is 17.0 Å². The van der Waals surface area contributed by atoms with E-state index in [0.29, 0.717) is 5.89 Å². The number of quaternary nitrogens is 1. The highest BCUT2D eigenvalue weighted by Gasteiger charge is 2.44. The number of benzene rings is 2. The van der Waals surface area contributed by atoms with Crippen molar-refractivity contribution in [1.82, 2.24) is 4.98 Å². The van der Waals surface area contributed by atoms with Gasteiger partial charge in [0, 0.05) is 23.0 Å². The molecule has 2 aromatic carbocycles. The van der Waals surface area contributed by atoms with Crippen molar-refractivity contribution in [2.45, 2.75) is 55.4 Å². The van der Waals surface area contributed by atoms with Crippen LogP contribution in [0.5, 0.6) is 0 Å². The Kier molecular flexibility index (Phi) is 10.5. The lowest BCUT2D eigenvalue weighted by Gasteiger charge is -2.36. The second kappa shape index (κ2) is 13.1. The van der Waals surface area contributed by atoms with Gasteiger partial charge in [-0.05, 0) is 30.5 Å². The number of hydrogen-bond acceptors (Lipinski definition) is 4. The molecule has 0 aliphatic heterocycles. The van der Waals surface area contributed by atoms with Crippen molar-refractivity contribution >= 4 is 11.8 Å². The van der Waals surface area contributed by atoms with Crippen molar-refractivity contribution < 1.29 is 31.0 Å². The van der Waals surface area contributed by atoms with Crippen LogP contribution in [0.1, 0.15) is 55.7 Å². The molecule has 1 aliphatic carbocycles. The average molecular weight is 560 g/mol. The van der Waals surface area contributed by atoms with Gasteiger partial charge in [0.2, 0.25) is 5.89 Å². The fraction of sp³-hybridized carbons (Fsp3) is 0.483. The maximum Gasteiger partial charge on any atom is 0.231 e. The summed E-state index contributed by atoms with van der Waals surface area (Å²) in [7, 11) is 4.57. The van der Waals surface area contributed by atoms with Gasteiger partial charge in [0.1, 0.15) is 5.76 Å². The molecule has 1 saturated carbocycles. The molecule has 1 heterocycles. The van der Waals surface area contributed by atoms with E-state index in [0.717, 1.165) is 66.8 Å². The summed E-state index contributed by atoms with van der Waals surface area (Å²) in [6, 6.07) is 20.6. The fourth-order valence-electron chi connectivity index (χ4n) is 5.07. The third-order valence-electron chi connectivity index (χ3n) is 7.17. The zero-order valence-electron chi connectivity index (χ0n) is 21.0. The molecule has 6 heteroatoms. The highest BCUT2D eigenvalue weighted by atomic mass is 79.9. The lowest BCUT2D eigenvalue weighted by atomic mass is 9.73. The molecule has 0 spiro atoms. The van der Waals surface area contributed by atoms with Gasteiger partial charge in [-0.3, -0.25) is 0 Å². The number of halogens is 1. The third kappa shape index (κ3) is 7.45. The average Bonchev–Trinajstić information content (AvgIpc) is 3.37. The first kappa shape index (κ1) is 28.0. The number of hydrogen-bond donors (Lipinski definition) is 1. The minimum Gasteiger partial charge on any atom is -1.00 e. The second-order valence-corrected chi connectivity index (χ2v) is 11.4. The van der Waals surface area contributed by atoms with Gasteiger partial charge < -0.3 is 31.0 Å². The molecule has 1 aliphatic rings. The predicted molar refractivity (Wildman–Crippen MR) is 140 cm³/mol. The smallest absolute Gasteiger partial charge is 0.231 e. The van der Waals surface area contributed by atoms with Gasteiger partial charge in [0.15, 0.2) is 5.60 Å². The van der Waals surface area contributed by atoms with E-state index in [-0.39, 0.29) is 22.9 Å². The van der Waals surface area contributed by atoms with Gasteiger partial charge in [-0.1, -0.05) is 67.8 Å². The van der Waals surface area contributed by atoms with Crippen LogP contribution in [0.2, 0.25) is 0 Å². The lowest BCUT2D eigenvalue weighted by molar-refractivity contribution is -0.890. The number of thioether (sulfide) groups is 1. The molecule has 0 bridgehead atoms. The van der Waals surface area contributed by atoms with E-state index < -0.39 is 5.60 Å². The molecule has 1 atom stereocenters. The minimum atomic E-state index is -1.15. The molecule has 0 radical (unpaired) electrons. The Labute approximate surface area is 225 Å². The van der Waals surface area contributed by atoms with Crippen LogP contribution in [-0.4, -0.2) is 47.5 Å². The Bertz CT molecular complexity index is 1010. The van der Waals surface area contributed by atoms with Crippen LogP contribution in [0.15, 0.2) is 76.2 Å². The Morgan fingerprint density at radius 1 is 0.971 bits per heavy atom. The highest BCUT2D eigenvalue weighted by Crippen LogP contribution is 2.43. The molecule has 1 aromatic heterocycles. The number of oxazole rings is 1. The number of nitrogens with zero attached hydrogens (tertiary/aromatic N) is 2. The van der Waals surface area contributed by atoms with Crippen LogP contribution in [0.25, 0.3) is 0 Å². The first-order valence-electron chi connectivity index (χ1n) is 12.7. The van der Waals surface area contributed by atoms with Crippen LogP contribution in [0.4, 0.5) is 0 Å². The number of aliphatic hydroxyl groups is 1. The highest BCUT2D eigenvalue weighted by molar-refractivity contribution is 7.99. The van der Waals surface area contributed by atoms with Crippen LogP contribution in [0, 0.1) is 5.92 Å². The normalized spacial score (nSPS) is 16.4. The van der Waals surface area contributed by atoms with E-state index in [1.807, 2.05) is 48.3 Å². The van der Waals surface area contributed by atoms with E-state index in [1.165, 1.54) is 17.7 Å². The molecule has 1 fully saturated rings. The molecule has 1 N–H and O–H groups in total. The molecule has 4 nitrogen and oxygen atoms in total. The summed E-state index contributed by atoms with van der Waals surface area (Å²) in [4.78, 5) is 5.96. The standard InChI is InChI=1S/C29H39N2O2S.BrH/c1-31(2,20-12-22-34-27-17-10-5-11-18-27)21-19-26-23-30-28(33-26)29(32,24-13-6-3-7-14-24)25-15-8-4-9-16-25;/h3,5-7,10-11,13-14,17-18,23,25,32H,4,8-9,12,15-16,19-22H2,1-2H3;1H/q+1;/p-1. The van der Waals surface area contributed by atoms with E-state index >= 15 is 0 Å². The quantitative estimate of drug-likeness (QED) is 0.223. The Morgan fingerprint density at radius 3 is 2.31 bits per heavy atom. The van der Waals surface area contributed by atoms with Gasteiger partial charge in [-0.2, -0.15) is 0 Å². The first-order chi connectivity index (χ1) is 16.5. The van der Waals surface area contributed by atoms with Gasteiger partial charge in [0.25, 0.3) is 0 Å². The number of likely N-dealkylation sites (N-methyl/N-ethyl adjacent to an activating group) is 1. The van der Waals surface area contributed by atoms with Crippen molar-refractivity contribution in [3.05, 3.63) is 84.1 Å². The summed E-state index contributed by atoms with van der Waals surface area (Å²) in [6.45, 7) is 2.11. The number of rotatable bonds is 11. The molecule has 190 valence electrons. The van der Waals surface area contributed by atoms with E-state index in [4.69, 9.17) is 4.42 Å². The van der Waals surface area contributed by atoms with Crippen molar-refractivity contribution in [2.24, 2.45) is 5.92 Å². The van der Waals surface area contributed by atoms with E-state index in [9.17, 15) is 5.11 Å². The second-order valence-electron chi connectivity index (χ2n) is 10.2. The molecule has 4 rings (SSSR count). The Hall–Kier alpha value is -1.60. The number of aromatic nitrogens is 1. The van der Waals surface area contributed by atoms with Crippen molar-refractivity contribution in [3.63, 3.8) is 0 Å². The van der Waals surface area contributed by atoms with Gasteiger partial charge in [0.05, 0.1) is 39.8 Å².